The molecule has 1 heterocycles. The van der Waals surface area contributed by atoms with Gasteiger partial charge in [0.05, 0.1) is 23.2 Å². The van der Waals surface area contributed by atoms with Gasteiger partial charge in [0.2, 0.25) is 0 Å². The minimum Gasteiger partial charge on any atom is -0.393 e. The summed E-state index contributed by atoms with van der Waals surface area (Å²) in [6.07, 6.45) is 1.87. The molecule has 0 saturated heterocycles. The Bertz CT molecular complexity index is 861. The highest BCUT2D eigenvalue weighted by Gasteiger charge is 2.37. The topological polar surface area (TPSA) is 58.3 Å². The van der Waals surface area contributed by atoms with Crippen molar-refractivity contribution in [2.75, 3.05) is 0 Å². The van der Waals surface area contributed by atoms with Gasteiger partial charge >= 0.3 is 0 Å². The van der Waals surface area contributed by atoms with Crippen molar-refractivity contribution >= 4 is 11.6 Å². The SMILES string of the molecule is Cc1ccc(-c2cc([C@]3(O)CC[C@@H](O)CC3)nn2-c2ccc(Cl)cc2)cc1. The zero-order chi connectivity index (χ0) is 19.0. The zero-order valence-corrected chi connectivity index (χ0v) is 16.0. The second-order valence-electron chi connectivity index (χ2n) is 7.43. The molecule has 0 atom stereocenters. The maximum Gasteiger partial charge on any atom is 0.109 e. The van der Waals surface area contributed by atoms with E-state index in [9.17, 15) is 10.2 Å². The van der Waals surface area contributed by atoms with Crippen LogP contribution in [-0.4, -0.2) is 26.1 Å². The highest BCUT2D eigenvalue weighted by molar-refractivity contribution is 6.30. The minimum absolute atomic E-state index is 0.333. The third-order valence-corrected chi connectivity index (χ3v) is 5.64. The van der Waals surface area contributed by atoms with Gasteiger partial charge in [-0.15, -0.1) is 0 Å². The largest absolute Gasteiger partial charge is 0.393 e. The molecular weight excluding hydrogens is 360 g/mol. The zero-order valence-electron chi connectivity index (χ0n) is 15.3. The fourth-order valence-corrected chi connectivity index (χ4v) is 3.78. The van der Waals surface area contributed by atoms with Crippen LogP contribution in [0, 0.1) is 6.92 Å². The third-order valence-electron chi connectivity index (χ3n) is 5.39. The van der Waals surface area contributed by atoms with Crippen LogP contribution in [0.2, 0.25) is 5.02 Å². The van der Waals surface area contributed by atoms with Gasteiger partial charge in [-0.3, -0.25) is 0 Å². The number of aliphatic hydroxyl groups excluding tert-OH is 1. The summed E-state index contributed by atoms with van der Waals surface area (Å²) in [7, 11) is 0. The fourth-order valence-electron chi connectivity index (χ4n) is 3.65. The Hall–Kier alpha value is -2.14. The first-order valence-corrected chi connectivity index (χ1v) is 9.66. The lowest BCUT2D eigenvalue weighted by atomic mass is 9.81. The molecule has 2 aromatic carbocycles. The molecule has 27 heavy (non-hydrogen) atoms. The molecule has 1 aliphatic rings. The van der Waals surface area contributed by atoms with Crippen LogP contribution in [0.5, 0.6) is 0 Å². The Morgan fingerprint density at radius 3 is 2.30 bits per heavy atom. The molecule has 1 aromatic heterocycles. The maximum atomic E-state index is 11.2. The smallest absolute Gasteiger partial charge is 0.109 e. The summed E-state index contributed by atoms with van der Waals surface area (Å²) in [6, 6.07) is 17.8. The molecule has 3 aromatic rings. The molecule has 5 heteroatoms. The van der Waals surface area contributed by atoms with E-state index in [1.165, 1.54) is 5.56 Å². The molecule has 2 N–H and O–H groups in total. The van der Waals surface area contributed by atoms with E-state index in [4.69, 9.17) is 16.7 Å². The predicted molar refractivity (Wildman–Crippen MR) is 107 cm³/mol. The molecule has 0 radical (unpaired) electrons. The second kappa shape index (κ2) is 7.12. The lowest BCUT2D eigenvalue weighted by Crippen LogP contribution is -2.33. The van der Waals surface area contributed by atoms with Crippen LogP contribution in [0.3, 0.4) is 0 Å². The van der Waals surface area contributed by atoms with E-state index in [1.807, 2.05) is 35.0 Å². The van der Waals surface area contributed by atoms with Crippen molar-refractivity contribution in [3.63, 3.8) is 0 Å². The van der Waals surface area contributed by atoms with E-state index in [-0.39, 0.29) is 6.10 Å². The van der Waals surface area contributed by atoms with E-state index in [0.29, 0.717) is 36.4 Å². The average molecular weight is 383 g/mol. The molecule has 0 amide bonds. The highest BCUT2D eigenvalue weighted by Crippen LogP contribution is 2.38. The van der Waals surface area contributed by atoms with Crippen molar-refractivity contribution in [1.82, 2.24) is 9.78 Å². The van der Waals surface area contributed by atoms with Crippen LogP contribution in [0.1, 0.15) is 36.9 Å². The summed E-state index contributed by atoms with van der Waals surface area (Å²) < 4.78 is 1.86. The van der Waals surface area contributed by atoms with Gasteiger partial charge < -0.3 is 10.2 Å². The van der Waals surface area contributed by atoms with Crippen LogP contribution in [-0.2, 0) is 5.60 Å². The summed E-state index contributed by atoms with van der Waals surface area (Å²) in [5, 5.41) is 26.4. The highest BCUT2D eigenvalue weighted by atomic mass is 35.5. The van der Waals surface area contributed by atoms with E-state index >= 15 is 0 Å². The Kier molecular flexibility index (Phi) is 4.81. The summed E-state index contributed by atoms with van der Waals surface area (Å²) in [5.41, 5.74) is 3.69. The molecule has 0 bridgehead atoms. The van der Waals surface area contributed by atoms with Crippen molar-refractivity contribution in [3.05, 3.63) is 70.9 Å². The standard InChI is InChI=1S/C22H23ClN2O2/c1-15-2-4-16(5-3-15)20-14-21(22(27)12-10-19(26)11-13-22)24-25(20)18-8-6-17(23)7-9-18/h2-9,14,19,26-27H,10-13H2,1H3/t19-,22+. The number of aliphatic hydroxyl groups is 2. The second-order valence-corrected chi connectivity index (χ2v) is 7.87. The van der Waals surface area contributed by atoms with E-state index in [2.05, 4.69) is 31.2 Å². The number of benzene rings is 2. The van der Waals surface area contributed by atoms with Crippen molar-refractivity contribution in [1.29, 1.82) is 0 Å². The molecule has 1 fully saturated rings. The van der Waals surface area contributed by atoms with Crippen LogP contribution < -0.4 is 0 Å². The van der Waals surface area contributed by atoms with Gasteiger partial charge in [-0.2, -0.15) is 5.10 Å². The molecule has 4 rings (SSSR count). The van der Waals surface area contributed by atoms with Crippen LogP contribution >= 0.6 is 11.6 Å². The summed E-state index contributed by atoms with van der Waals surface area (Å²) >= 11 is 6.04. The van der Waals surface area contributed by atoms with Gasteiger partial charge in [-0.25, -0.2) is 4.68 Å². The van der Waals surface area contributed by atoms with Crippen LogP contribution in [0.4, 0.5) is 0 Å². The first-order chi connectivity index (χ1) is 12.9. The van der Waals surface area contributed by atoms with E-state index in [1.54, 1.807) is 0 Å². The normalized spacial score (nSPS) is 22.7. The quantitative estimate of drug-likeness (QED) is 0.694. The van der Waals surface area contributed by atoms with Crippen molar-refractivity contribution in [3.8, 4) is 16.9 Å². The van der Waals surface area contributed by atoms with Crippen molar-refractivity contribution < 1.29 is 10.2 Å². The lowest BCUT2D eigenvalue weighted by molar-refractivity contribution is -0.0393. The molecule has 0 aliphatic heterocycles. The summed E-state index contributed by atoms with van der Waals surface area (Å²) in [4.78, 5) is 0. The fraction of sp³-hybridized carbons (Fsp3) is 0.318. The molecule has 4 nitrogen and oxygen atoms in total. The molecule has 0 spiro atoms. The van der Waals surface area contributed by atoms with Gasteiger partial charge in [0.1, 0.15) is 5.60 Å². The predicted octanol–water partition coefficient (Wildman–Crippen LogP) is 4.62. The number of rotatable bonds is 3. The van der Waals surface area contributed by atoms with Gasteiger partial charge in [0, 0.05) is 10.6 Å². The average Bonchev–Trinajstić information content (AvgIpc) is 3.12. The van der Waals surface area contributed by atoms with Gasteiger partial charge in [-0.05, 0) is 62.9 Å². The third kappa shape index (κ3) is 3.65. The minimum atomic E-state index is -1.00. The van der Waals surface area contributed by atoms with Crippen LogP contribution in [0.25, 0.3) is 16.9 Å². The summed E-state index contributed by atoms with van der Waals surface area (Å²) in [6.45, 7) is 2.06. The molecule has 0 unspecified atom stereocenters. The van der Waals surface area contributed by atoms with E-state index in [0.717, 1.165) is 16.9 Å². The Balaban J connectivity index is 1.82. The Morgan fingerprint density at radius 1 is 1.04 bits per heavy atom. The number of hydrogen-bond donors (Lipinski definition) is 2. The summed E-state index contributed by atoms with van der Waals surface area (Å²) in [5.74, 6) is 0. The van der Waals surface area contributed by atoms with E-state index < -0.39 is 5.60 Å². The monoisotopic (exact) mass is 382 g/mol. The van der Waals surface area contributed by atoms with Crippen molar-refractivity contribution in [2.45, 2.75) is 44.3 Å². The van der Waals surface area contributed by atoms with Crippen LogP contribution in [0.15, 0.2) is 54.6 Å². The Morgan fingerprint density at radius 2 is 1.67 bits per heavy atom. The van der Waals surface area contributed by atoms with Crippen molar-refractivity contribution in [2.24, 2.45) is 0 Å². The number of hydrogen-bond acceptors (Lipinski definition) is 3. The molecular formula is C22H23ClN2O2. The number of aryl methyl sites for hydroxylation is 1. The number of nitrogens with zero attached hydrogens (tertiary/aromatic N) is 2. The van der Waals surface area contributed by atoms with Gasteiger partial charge in [0.15, 0.2) is 0 Å². The molecule has 1 aliphatic carbocycles. The lowest BCUT2D eigenvalue weighted by Gasteiger charge is -2.32. The number of aromatic nitrogens is 2. The molecule has 1 saturated carbocycles. The van der Waals surface area contributed by atoms with Gasteiger partial charge in [0.25, 0.3) is 0 Å². The molecule has 140 valence electrons. The maximum absolute atomic E-state index is 11.2. The first-order valence-electron chi connectivity index (χ1n) is 9.29. The number of halogens is 1. The first kappa shape index (κ1) is 18.2. The Labute approximate surface area is 164 Å². The van der Waals surface area contributed by atoms with Gasteiger partial charge in [-0.1, -0.05) is 41.4 Å².